The van der Waals surface area contributed by atoms with Crippen LogP contribution in [-0.2, 0) is 22.4 Å². The number of rotatable bonds is 4. The Bertz CT molecular complexity index is 566. The zero-order valence-corrected chi connectivity index (χ0v) is 13.1. The highest BCUT2D eigenvalue weighted by Gasteiger charge is 2.27. The van der Waals surface area contributed by atoms with Gasteiger partial charge in [0.1, 0.15) is 5.75 Å². The van der Waals surface area contributed by atoms with E-state index in [2.05, 4.69) is 0 Å². The molecule has 0 saturated carbocycles. The van der Waals surface area contributed by atoms with Crippen molar-refractivity contribution < 1.29 is 19.1 Å². The van der Waals surface area contributed by atoms with Crippen molar-refractivity contribution >= 4 is 23.4 Å². The summed E-state index contributed by atoms with van der Waals surface area (Å²) in [4.78, 5) is 23.9. The number of Topliss-reactive ketones (excluding diaryl/α,β-unsaturated/α-hetero) is 1. The number of benzene rings is 1. The molecule has 2 rings (SSSR count). The first-order chi connectivity index (χ1) is 10.1. The fourth-order valence-electron chi connectivity index (χ4n) is 2.69. The van der Waals surface area contributed by atoms with Crippen LogP contribution in [0.15, 0.2) is 6.07 Å². The molecule has 0 bridgehead atoms. The van der Waals surface area contributed by atoms with E-state index in [1.165, 1.54) is 7.11 Å². The van der Waals surface area contributed by atoms with Crippen LogP contribution < -0.4 is 4.74 Å². The summed E-state index contributed by atoms with van der Waals surface area (Å²) in [5.74, 6) is -1.31. The summed E-state index contributed by atoms with van der Waals surface area (Å²) in [6, 6.07) is 1.74. The zero-order chi connectivity index (χ0) is 15.4. The van der Waals surface area contributed by atoms with E-state index >= 15 is 0 Å². The quantitative estimate of drug-likeness (QED) is 0.370. The Morgan fingerprint density at radius 3 is 2.62 bits per heavy atom. The second-order valence-corrected chi connectivity index (χ2v) is 5.40. The second-order valence-electron chi connectivity index (χ2n) is 5.02. The second kappa shape index (κ2) is 6.94. The van der Waals surface area contributed by atoms with Gasteiger partial charge in [-0.3, -0.25) is 4.79 Å². The summed E-state index contributed by atoms with van der Waals surface area (Å²) >= 11 is 6.40. The summed E-state index contributed by atoms with van der Waals surface area (Å²) in [5, 5.41) is 0.449. The molecule has 0 heterocycles. The maximum absolute atomic E-state index is 12.2. The molecule has 0 N–H and O–H groups in total. The number of methoxy groups -OCH3 is 1. The average Bonchev–Trinajstić information content (AvgIpc) is 2.72. The van der Waals surface area contributed by atoms with E-state index in [0.717, 1.165) is 43.2 Å². The largest absolute Gasteiger partial charge is 0.494 e. The van der Waals surface area contributed by atoms with Gasteiger partial charge in [0.25, 0.3) is 5.78 Å². The molecule has 0 aliphatic heterocycles. The van der Waals surface area contributed by atoms with Crippen LogP contribution in [0.2, 0.25) is 5.02 Å². The minimum absolute atomic E-state index is 0.158. The fourth-order valence-corrected chi connectivity index (χ4v) is 3.08. The molecule has 21 heavy (non-hydrogen) atoms. The van der Waals surface area contributed by atoms with Crippen LogP contribution in [-0.4, -0.2) is 25.5 Å². The van der Waals surface area contributed by atoms with Crippen molar-refractivity contribution in [2.75, 3.05) is 13.7 Å². The molecule has 0 fully saturated rings. The first kappa shape index (κ1) is 15.8. The van der Waals surface area contributed by atoms with Crippen LogP contribution in [0.1, 0.15) is 47.7 Å². The van der Waals surface area contributed by atoms with Gasteiger partial charge in [0.2, 0.25) is 0 Å². The molecular weight excluding hydrogens is 292 g/mol. The van der Waals surface area contributed by atoms with E-state index < -0.39 is 11.8 Å². The number of ether oxygens (including phenoxy) is 2. The number of esters is 1. The van der Waals surface area contributed by atoms with Gasteiger partial charge >= 0.3 is 5.97 Å². The molecule has 5 heteroatoms. The highest BCUT2D eigenvalue weighted by molar-refractivity contribution is 6.42. The third kappa shape index (κ3) is 3.21. The van der Waals surface area contributed by atoms with E-state index in [1.807, 2.05) is 0 Å². The first-order valence-electron chi connectivity index (χ1n) is 7.19. The molecule has 0 amide bonds. The lowest BCUT2D eigenvalue weighted by Gasteiger charge is -2.15. The van der Waals surface area contributed by atoms with E-state index in [-0.39, 0.29) is 17.9 Å². The molecule has 114 valence electrons. The Hall–Kier alpha value is -1.55. The summed E-state index contributed by atoms with van der Waals surface area (Å²) in [5.41, 5.74) is 2.26. The van der Waals surface area contributed by atoms with Crippen molar-refractivity contribution in [3.63, 3.8) is 0 Å². The Morgan fingerprint density at radius 2 is 1.95 bits per heavy atom. The van der Waals surface area contributed by atoms with Crippen molar-refractivity contribution in [3.05, 3.63) is 27.8 Å². The zero-order valence-electron chi connectivity index (χ0n) is 12.3. The predicted octanol–water partition coefficient (Wildman–Crippen LogP) is 3.36. The molecule has 0 radical (unpaired) electrons. The van der Waals surface area contributed by atoms with Gasteiger partial charge in [-0.15, -0.1) is 0 Å². The molecule has 0 aromatic heterocycles. The molecular formula is C16H19ClO4. The molecule has 1 aliphatic rings. The number of halogens is 1. The normalized spacial score (nSPS) is 14.0. The smallest absolute Gasteiger partial charge is 0.379 e. The van der Waals surface area contributed by atoms with Crippen LogP contribution in [0, 0.1) is 0 Å². The molecule has 1 aromatic carbocycles. The Kier molecular flexibility index (Phi) is 5.23. The third-order valence-electron chi connectivity index (χ3n) is 3.70. The molecule has 0 saturated heterocycles. The molecule has 0 spiro atoms. The van der Waals surface area contributed by atoms with Crippen molar-refractivity contribution in [3.8, 4) is 5.75 Å². The predicted molar refractivity (Wildman–Crippen MR) is 80.2 cm³/mol. The summed E-state index contributed by atoms with van der Waals surface area (Å²) in [6.45, 7) is 1.82. The van der Waals surface area contributed by atoms with Gasteiger partial charge in [-0.1, -0.05) is 18.0 Å². The monoisotopic (exact) mass is 310 g/mol. The number of carbonyl (C=O) groups is 2. The summed E-state index contributed by atoms with van der Waals surface area (Å²) in [6.07, 6.45) is 5.00. The van der Waals surface area contributed by atoms with Gasteiger partial charge in [-0.2, -0.15) is 0 Å². The van der Waals surface area contributed by atoms with Crippen molar-refractivity contribution in [1.29, 1.82) is 0 Å². The number of ketones is 1. The van der Waals surface area contributed by atoms with Crippen LogP contribution in [0.5, 0.6) is 5.75 Å². The van der Waals surface area contributed by atoms with Gasteiger partial charge in [-0.25, -0.2) is 4.79 Å². The number of hydrogen-bond donors (Lipinski definition) is 0. The van der Waals surface area contributed by atoms with E-state index in [0.29, 0.717) is 5.02 Å². The van der Waals surface area contributed by atoms with Crippen molar-refractivity contribution in [2.24, 2.45) is 0 Å². The lowest BCUT2D eigenvalue weighted by Crippen LogP contribution is -2.19. The van der Waals surface area contributed by atoms with Crippen molar-refractivity contribution in [1.82, 2.24) is 0 Å². The highest BCUT2D eigenvalue weighted by atomic mass is 35.5. The van der Waals surface area contributed by atoms with E-state index in [1.54, 1.807) is 13.0 Å². The number of carbonyl (C=O) groups excluding carboxylic acids is 2. The summed E-state index contributed by atoms with van der Waals surface area (Å²) < 4.78 is 10.1. The maximum atomic E-state index is 12.2. The van der Waals surface area contributed by atoms with Gasteiger partial charge in [-0.05, 0) is 49.8 Å². The Morgan fingerprint density at radius 1 is 1.24 bits per heavy atom. The molecule has 0 atom stereocenters. The standard InChI is InChI=1S/C16H19ClO4/c1-3-21-16(19)14(18)12-9-10-7-5-4-6-8-11(10)13(17)15(12)20-2/h9H,3-8H2,1-2H3. The van der Waals surface area contributed by atoms with Gasteiger partial charge in [0.05, 0.1) is 24.3 Å². The van der Waals surface area contributed by atoms with Crippen LogP contribution >= 0.6 is 11.6 Å². The first-order valence-corrected chi connectivity index (χ1v) is 7.57. The van der Waals surface area contributed by atoms with E-state index in [9.17, 15) is 9.59 Å². The van der Waals surface area contributed by atoms with Gasteiger partial charge in [0.15, 0.2) is 0 Å². The van der Waals surface area contributed by atoms with Crippen molar-refractivity contribution in [2.45, 2.75) is 39.0 Å². The maximum Gasteiger partial charge on any atom is 0.379 e. The lowest BCUT2D eigenvalue weighted by atomic mass is 9.97. The molecule has 1 aliphatic carbocycles. The van der Waals surface area contributed by atoms with Crippen LogP contribution in [0.25, 0.3) is 0 Å². The van der Waals surface area contributed by atoms with Gasteiger partial charge < -0.3 is 9.47 Å². The Balaban J connectivity index is 2.50. The minimum Gasteiger partial charge on any atom is -0.494 e. The van der Waals surface area contributed by atoms with Gasteiger partial charge in [0, 0.05) is 0 Å². The molecule has 4 nitrogen and oxygen atoms in total. The number of aryl methyl sites for hydroxylation is 1. The minimum atomic E-state index is -0.875. The lowest BCUT2D eigenvalue weighted by molar-refractivity contribution is -0.137. The summed E-state index contributed by atoms with van der Waals surface area (Å²) in [7, 11) is 1.45. The third-order valence-corrected chi connectivity index (χ3v) is 4.10. The Labute approximate surface area is 129 Å². The van der Waals surface area contributed by atoms with E-state index in [4.69, 9.17) is 21.1 Å². The highest BCUT2D eigenvalue weighted by Crippen LogP contribution is 2.37. The molecule has 1 aromatic rings. The SMILES string of the molecule is CCOC(=O)C(=O)c1cc2c(c(Cl)c1OC)CCCCC2. The number of hydrogen-bond acceptors (Lipinski definition) is 4. The fraction of sp³-hybridized carbons (Fsp3) is 0.500. The number of fused-ring (bicyclic) bond motifs is 1. The molecule has 0 unspecified atom stereocenters. The van der Waals surface area contributed by atoms with Crippen LogP contribution in [0.4, 0.5) is 0 Å². The van der Waals surface area contributed by atoms with Crippen LogP contribution in [0.3, 0.4) is 0 Å². The average molecular weight is 311 g/mol. The topological polar surface area (TPSA) is 52.6 Å².